The first-order valence-electron chi connectivity index (χ1n) is 3.55. The summed E-state index contributed by atoms with van der Waals surface area (Å²) in [4.78, 5) is 14.7. The Morgan fingerprint density at radius 3 is 3.08 bits per heavy atom. The molecule has 2 aromatic rings. The molecule has 0 fully saturated rings. The summed E-state index contributed by atoms with van der Waals surface area (Å²) < 4.78 is 2.27. The molecule has 0 aliphatic heterocycles. The van der Waals surface area contributed by atoms with Crippen molar-refractivity contribution in [3.8, 4) is 0 Å². The summed E-state index contributed by atoms with van der Waals surface area (Å²) in [5, 5.41) is 8.84. The van der Waals surface area contributed by atoms with Crippen LogP contribution in [-0.2, 0) is 0 Å². The van der Waals surface area contributed by atoms with Crippen molar-refractivity contribution in [1.82, 2.24) is 9.38 Å². The molecular formula is C8H5BrN2O2. The van der Waals surface area contributed by atoms with Crippen LogP contribution in [0.4, 0.5) is 0 Å². The highest BCUT2D eigenvalue weighted by Crippen LogP contribution is 2.15. The first kappa shape index (κ1) is 8.25. The number of pyridine rings is 1. The fourth-order valence-corrected chi connectivity index (χ4v) is 1.58. The normalized spacial score (nSPS) is 10.5. The molecule has 0 saturated carbocycles. The number of aromatic carboxylic acids is 1. The van der Waals surface area contributed by atoms with Gasteiger partial charge in [-0.15, -0.1) is 0 Å². The molecule has 0 aromatic carbocycles. The second-order valence-corrected chi connectivity index (χ2v) is 3.22. The van der Waals surface area contributed by atoms with Crippen molar-refractivity contribution in [3.63, 3.8) is 0 Å². The van der Waals surface area contributed by atoms with Crippen LogP contribution in [0.5, 0.6) is 0 Å². The van der Waals surface area contributed by atoms with E-state index in [0.717, 1.165) is 0 Å². The number of hydrogen-bond donors (Lipinski definition) is 1. The van der Waals surface area contributed by atoms with Crippen molar-refractivity contribution >= 4 is 27.4 Å². The molecular weight excluding hydrogens is 236 g/mol. The molecule has 2 aromatic heterocycles. The van der Waals surface area contributed by atoms with E-state index in [9.17, 15) is 4.79 Å². The fourth-order valence-electron chi connectivity index (χ4n) is 1.17. The van der Waals surface area contributed by atoms with Gasteiger partial charge in [0.25, 0.3) is 0 Å². The molecule has 0 spiro atoms. The van der Waals surface area contributed by atoms with E-state index < -0.39 is 5.97 Å². The molecule has 2 heterocycles. The number of fused-ring (bicyclic) bond motifs is 1. The number of nitrogens with zero attached hydrogens (tertiary/aromatic N) is 2. The Bertz CT molecular complexity index is 478. The van der Waals surface area contributed by atoms with Crippen LogP contribution in [0.3, 0.4) is 0 Å². The van der Waals surface area contributed by atoms with Crippen LogP contribution >= 0.6 is 15.9 Å². The van der Waals surface area contributed by atoms with Gasteiger partial charge in [-0.1, -0.05) is 0 Å². The molecule has 0 saturated heterocycles. The monoisotopic (exact) mass is 240 g/mol. The minimum absolute atomic E-state index is 0.251. The van der Waals surface area contributed by atoms with E-state index in [1.807, 2.05) is 0 Å². The maximum atomic E-state index is 10.8. The lowest BCUT2D eigenvalue weighted by atomic mass is 10.2. The van der Waals surface area contributed by atoms with E-state index in [1.54, 1.807) is 22.7 Å². The Kier molecular flexibility index (Phi) is 1.81. The molecule has 2 rings (SSSR count). The highest BCUT2D eigenvalue weighted by Gasteiger charge is 2.09. The minimum atomic E-state index is -0.946. The first-order valence-corrected chi connectivity index (χ1v) is 4.34. The van der Waals surface area contributed by atoms with Crippen molar-refractivity contribution < 1.29 is 9.90 Å². The molecule has 0 radical (unpaired) electrons. The summed E-state index contributed by atoms with van der Waals surface area (Å²) in [6.45, 7) is 0. The average Bonchev–Trinajstić information content (AvgIpc) is 2.48. The lowest BCUT2D eigenvalue weighted by molar-refractivity contribution is 0.0698. The number of rotatable bonds is 1. The Morgan fingerprint density at radius 2 is 2.38 bits per heavy atom. The molecule has 0 bridgehead atoms. The van der Waals surface area contributed by atoms with Crippen LogP contribution in [0.2, 0.25) is 0 Å². The molecule has 0 aliphatic carbocycles. The Labute approximate surface area is 82.0 Å². The number of hydrogen-bond acceptors (Lipinski definition) is 2. The third-order valence-corrected chi connectivity index (χ3v) is 2.34. The molecule has 4 nitrogen and oxygen atoms in total. The number of carbonyl (C=O) groups is 1. The van der Waals surface area contributed by atoms with Crippen LogP contribution in [0.1, 0.15) is 10.4 Å². The summed E-state index contributed by atoms with van der Waals surface area (Å²) in [5.41, 5.74) is 0.836. The molecule has 0 aliphatic rings. The molecule has 1 N–H and O–H groups in total. The van der Waals surface area contributed by atoms with E-state index in [-0.39, 0.29) is 5.56 Å². The third kappa shape index (κ3) is 1.21. The number of carboxylic acid groups (broad SMARTS) is 1. The molecule has 0 amide bonds. The van der Waals surface area contributed by atoms with Gasteiger partial charge >= 0.3 is 5.97 Å². The quantitative estimate of drug-likeness (QED) is 0.828. The van der Waals surface area contributed by atoms with E-state index in [0.29, 0.717) is 10.3 Å². The molecule has 13 heavy (non-hydrogen) atoms. The van der Waals surface area contributed by atoms with Gasteiger partial charge in [-0.05, 0) is 28.1 Å². The summed E-state index contributed by atoms with van der Waals surface area (Å²) in [5.74, 6) is -0.946. The van der Waals surface area contributed by atoms with Gasteiger partial charge in [0.1, 0.15) is 0 Å². The van der Waals surface area contributed by atoms with Crippen molar-refractivity contribution in [3.05, 3.63) is 34.8 Å². The van der Waals surface area contributed by atoms with Gasteiger partial charge in [0.05, 0.1) is 17.3 Å². The minimum Gasteiger partial charge on any atom is -0.478 e. The van der Waals surface area contributed by atoms with Gasteiger partial charge in [0.15, 0.2) is 4.73 Å². The average molecular weight is 241 g/mol. The van der Waals surface area contributed by atoms with Crippen molar-refractivity contribution in [1.29, 1.82) is 0 Å². The smallest absolute Gasteiger partial charge is 0.337 e. The zero-order valence-corrected chi connectivity index (χ0v) is 8.02. The third-order valence-electron chi connectivity index (χ3n) is 1.76. The second-order valence-electron chi connectivity index (χ2n) is 2.51. The molecule has 0 unspecified atom stereocenters. The van der Waals surface area contributed by atoms with Gasteiger partial charge in [0.2, 0.25) is 0 Å². The van der Waals surface area contributed by atoms with Gasteiger partial charge in [-0.25, -0.2) is 9.78 Å². The van der Waals surface area contributed by atoms with Crippen LogP contribution in [0.15, 0.2) is 29.3 Å². The highest BCUT2D eigenvalue weighted by molar-refractivity contribution is 9.10. The van der Waals surface area contributed by atoms with Gasteiger partial charge in [0, 0.05) is 6.20 Å². The van der Waals surface area contributed by atoms with Crippen molar-refractivity contribution in [2.75, 3.05) is 0 Å². The lowest BCUT2D eigenvalue weighted by Gasteiger charge is -1.98. The topological polar surface area (TPSA) is 54.6 Å². The zero-order valence-electron chi connectivity index (χ0n) is 6.44. The number of halogens is 1. The SMILES string of the molecule is O=C(O)c1cccn2c(Br)ncc12. The Hall–Kier alpha value is -1.36. The summed E-state index contributed by atoms with van der Waals surface area (Å²) in [7, 11) is 0. The second kappa shape index (κ2) is 2.85. The Morgan fingerprint density at radius 1 is 1.62 bits per heavy atom. The van der Waals surface area contributed by atoms with Crippen molar-refractivity contribution in [2.24, 2.45) is 0 Å². The maximum Gasteiger partial charge on any atom is 0.337 e. The summed E-state index contributed by atoms with van der Waals surface area (Å²) >= 11 is 3.21. The standard InChI is InChI=1S/C8H5BrN2O2/c9-8-10-4-6-5(7(12)13)2-1-3-11(6)8/h1-4H,(H,12,13). The highest BCUT2D eigenvalue weighted by atomic mass is 79.9. The van der Waals surface area contributed by atoms with E-state index >= 15 is 0 Å². The maximum absolute atomic E-state index is 10.8. The predicted octanol–water partition coefficient (Wildman–Crippen LogP) is 1.79. The number of aromatic nitrogens is 2. The van der Waals surface area contributed by atoms with Crippen LogP contribution in [0, 0.1) is 0 Å². The number of imidazole rings is 1. The molecule has 5 heteroatoms. The first-order chi connectivity index (χ1) is 6.20. The predicted molar refractivity (Wildman–Crippen MR) is 49.9 cm³/mol. The van der Waals surface area contributed by atoms with E-state index in [4.69, 9.17) is 5.11 Å². The Balaban J connectivity index is 2.84. The van der Waals surface area contributed by atoms with Gasteiger partial charge in [-0.2, -0.15) is 0 Å². The van der Waals surface area contributed by atoms with E-state index in [1.165, 1.54) is 6.20 Å². The van der Waals surface area contributed by atoms with Crippen LogP contribution in [-0.4, -0.2) is 20.5 Å². The lowest BCUT2D eigenvalue weighted by Crippen LogP contribution is -1.99. The number of carboxylic acids is 1. The van der Waals surface area contributed by atoms with Gasteiger partial charge < -0.3 is 5.11 Å². The largest absolute Gasteiger partial charge is 0.478 e. The van der Waals surface area contributed by atoms with E-state index in [2.05, 4.69) is 20.9 Å². The van der Waals surface area contributed by atoms with Gasteiger partial charge in [-0.3, -0.25) is 4.40 Å². The summed E-state index contributed by atoms with van der Waals surface area (Å²) in [6, 6.07) is 3.22. The summed E-state index contributed by atoms with van der Waals surface area (Å²) in [6.07, 6.45) is 3.27. The zero-order chi connectivity index (χ0) is 9.42. The molecule has 0 atom stereocenters. The van der Waals surface area contributed by atoms with Crippen LogP contribution in [0.25, 0.3) is 5.52 Å². The molecule has 66 valence electrons. The fraction of sp³-hybridized carbons (Fsp3) is 0. The van der Waals surface area contributed by atoms with Crippen LogP contribution < -0.4 is 0 Å². The van der Waals surface area contributed by atoms with Crippen molar-refractivity contribution in [2.45, 2.75) is 0 Å².